The highest BCUT2D eigenvalue weighted by atomic mass is 19.1. The van der Waals surface area contributed by atoms with E-state index in [-0.39, 0.29) is 5.82 Å². The number of aromatic nitrogens is 2. The van der Waals surface area contributed by atoms with E-state index in [4.69, 9.17) is 0 Å². The van der Waals surface area contributed by atoms with Gasteiger partial charge in [0.2, 0.25) is 0 Å². The molecule has 2 aromatic rings. The minimum Gasteiger partial charge on any atom is -0.337 e. The predicted molar refractivity (Wildman–Crippen MR) is 72.2 cm³/mol. The molecule has 4 heteroatoms. The van der Waals surface area contributed by atoms with Crippen LogP contribution in [-0.4, -0.2) is 27.5 Å². The molecule has 1 aromatic heterocycles. The lowest BCUT2D eigenvalue weighted by molar-refractivity contribution is 0.244. The first-order valence-corrected chi connectivity index (χ1v) is 6.77. The number of nitrogens with zero attached hydrogens (tertiary/aromatic N) is 3. The third-order valence-electron chi connectivity index (χ3n) is 3.74. The molecule has 1 aliphatic rings. The second kappa shape index (κ2) is 5.53. The number of hydrogen-bond acceptors (Lipinski definition) is 2. The fraction of sp³-hybridized carbons (Fsp3) is 0.400. The van der Waals surface area contributed by atoms with Gasteiger partial charge < -0.3 is 4.57 Å². The van der Waals surface area contributed by atoms with E-state index in [9.17, 15) is 4.39 Å². The molecule has 0 fully saturated rings. The smallest absolute Gasteiger partial charge is 0.126 e. The Balaban J connectivity index is 1.54. The summed E-state index contributed by atoms with van der Waals surface area (Å²) in [5, 5.41) is 0. The van der Waals surface area contributed by atoms with Crippen molar-refractivity contribution in [1.82, 2.24) is 14.5 Å². The minimum atomic E-state index is -0.0458. The highest BCUT2D eigenvalue weighted by Gasteiger charge is 2.18. The van der Waals surface area contributed by atoms with Crippen LogP contribution in [0, 0.1) is 5.82 Å². The third kappa shape index (κ3) is 2.84. The predicted octanol–water partition coefficient (Wildman–Crippen LogP) is 2.47. The normalized spacial score (nSPS) is 15.4. The zero-order valence-corrected chi connectivity index (χ0v) is 10.9. The molecule has 3 rings (SSSR count). The minimum absolute atomic E-state index is 0.0458. The second-order valence-electron chi connectivity index (χ2n) is 5.06. The Morgan fingerprint density at radius 3 is 3.05 bits per heavy atom. The third-order valence-corrected chi connectivity index (χ3v) is 3.74. The van der Waals surface area contributed by atoms with Crippen molar-refractivity contribution in [3.05, 3.63) is 53.9 Å². The van der Waals surface area contributed by atoms with Crippen LogP contribution < -0.4 is 0 Å². The van der Waals surface area contributed by atoms with Crippen molar-refractivity contribution in [3.63, 3.8) is 0 Å². The van der Waals surface area contributed by atoms with Crippen LogP contribution in [0.1, 0.15) is 17.5 Å². The number of halogens is 1. The van der Waals surface area contributed by atoms with Crippen LogP contribution in [0.3, 0.4) is 0 Å². The molecule has 2 heterocycles. The number of imidazole rings is 1. The Morgan fingerprint density at radius 1 is 1.26 bits per heavy atom. The topological polar surface area (TPSA) is 21.1 Å². The zero-order chi connectivity index (χ0) is 13.1. The van der Waals surface area contributed by atoms with E-state index < -0.39 is 0 Å². The maximum absolute atomic E-state index is 13.6. The molecule has 0 amide bonds. The molecular weight excluding hydrogens is 241 g/mol. The van der Waals surface area contributed by atoms with E-state index in [1.54, 1.807) is 12.3 Å². The molecule has 3 nitrogen and oxygen atoms in total. The molecule has 100 valence electrons. The van der Waals surface area contributed by atoms with Crippen LogP contribution in [0.15, 0.2) is 36.9 Å². The van der Waals surface area contributed by atoms with Crippen molar-refractivity contribution >= 4 is 0 Å². The summed E-state index contributed by atoms with van der Waals surface area (Å²) in [6, 6.07) is 5.41. The Labute approximate surface area is 112 Å². The number of hydrogen-bond donors (Lipinski definition) is 0. The van der Waals surface area contributed by atoms with Gasteiger partial charge in [-0.05, 0) is 30.0 Å². The first-order valence-electron chi connectivity index (χ1n) is 6.77. The summed E-state index contributed by atoms with van der Waals surface area (Å²) in [6.45, 7) is 3.87. The van der Waals surface area contributed by atoms with Crippen LogP contribution in [-0.2, 0) is 19.5 Å². The van der Waals surface area contributed by atoms with E-state index >= 15 is 0 Å². The summed E-state index contributed by atoms with van der Waals surface area (Å²) < 4.78 is 15.7. The van der Waals surface area contributed by atoms with Crippen molar-refractivity contribution in [2.75, 3.05) is 13.1 Å². The zero-order valence-electron chi connectivity index (χ0n) is 10.9. The van der Waals surface area contributed by atoms with E-state index in [2.05, 4.69) is 14.5 Å². The standard InChI is InChI=1S/C15H18FN3/c16-15-4-1-3-13-11-18(9-5-14(13)15)7-2-8-19-10-6-17-12-19/h1,3-4,6,10,12H,2,5,7-9,11H2. The summed E-state index contributed by atoms with van der Waals surface area (Å²) in [7, 11) is 0. The average molecular weight is 259 g/mol. The van der Waals surface area contributed by atoms with Gasteiger partial charge >= 0.3 is 0 Å². The summed E-state index contributed by atoms with van der Waals surface area (Å²) in [5.41, 5.74) is 2.06. The van der Waals surface area contributed by atoms with E-state index in [1.807, 2.05) is 24.7 Å². The molecule has 0 radical (unpaired) electrons. The van der Waals surface area contributed by atoms with Gasteiger partial charge in [0, 0.05) is 38.6 Å². The number of fused-ring (bicyclic) bond motifs is 1. The molecular formula is C15H18FN3. The van der Waals surface area contributed by atoms with Crippen molar-refractivity contribution in [2.24, 2.45) is 0 Å². The molecule has 0 atom stereocenters. The van der Waals surface area contributed by atoms with E-state index in [0.717, 1.165) is 50.1 Å². The van der Waals surface area contributed by atoms with Gasteiger partial charge in [-0.3, -0.25) is 4.90 Å². The Hall–Kier alpha value is -1.68. The lowest BCUT2D eigenvalue weighted by atomic mass is 9.99. The van der Waals surface area contributed by atoms with Gasteiger partial charge in [0.1, 0.15) is 5.82 Å². The largest absolute Gasteiger partial charge is 0.337 e. The highest BCUT2D eigenvalue weighted by molar-refractivity contribution is 5.30. The number of aryl methyl sites for hydroxylation is 1. The summed E-state index contributed by atoms with van der Waals surface area (Å²) in [6.07, 6.45) is 7.57. The maximum Gasteiger partial charge on any atom is 0.126 e. The van der Waals surface area contributed by atoms with Gasteiger partial charge in [0.25, 0.3) is 0 Å². The molecule has 0 bridgehead atoms. The number of benzene rings is 1. The van der Waals surface area contributed by atoms with Crippen LogP contribution in [0.25, 0.3) is 0 Å². The van der Waals surface area contributed by atoms with Gasteiger partial charge in [0.15, 0.2) is 0 Å². The molecule has 1 aromatic carbocycles. The summed E-state index contributed by atoms with van der Waals surface area (Å²) >= 11 is 0. The monoisotopic (exact) mass is 259 g/mol. The quantitative estimate of drug-likeness (QED) is 0.841. The van der Waals surface area contributed by atoms with Crippen LogP contribution in [0.2, 0.25) is 0 Å². The highest BCUT2D eigenvalue weighted by Crippen LogP contribution is 2.21. The first kappa shape index (κ1) is 12.4. The lowest BCUT2D eigenvalue weighted by Gasteiger charge is -2.28. The van der Waals surface area contributed by atoms with Crippen molar-refractivity contribution in [1.29, 1.82) is 0 Å². The second-order valence-corrected chi connectivity index (χ2v) is 5.06. The summed E-state index contributed by atoms with van der Waals surface area (Å²) in [5.74, 6) is -0.0458. The molecule has 0 unspecified atom stereocenters. The van der Waals surface area contributed by atoms with Gasteiger partial charge in [-0.2, -0.15) is 0 Å². The molecule has 1 aliphatic heterocycles. The maximum atomic E-state index is 13.6. The van der Waals surface area contributed by atoms with Gasteiger partial charge in [-0.15, -0.1) is 0 Å². The molecule has 0 aliphatic carbocycles. The molecule has 0 saturated heterocycles. The van der Waals surface area contributed by atoms with Crippen LogP contribution >= 0.6 is 0 Å². The average Bonchev–Trinajstić information content (AvgIpc) is 2.92. The van der Waals surface area contributed by atoms with Crippen molar-refractivity contribution in [3.8, 4) is 0 Å². The molecule has 0 saturated carbocycles. The lowest BCUT2D eigenvalue weighted by Crippen LogP contribution is -2.32. The summed E-state index contributed by atoms with van der Waals surface area (Å²) in [4.78, 5) is 6.44. The Morgan fingerprint density at radius 2 is 2.21 bits per heavy atom. The van der Waals surface area contributed by atoms with Crippen molar-refractivity contribution < 1.29 is 4.39 Å². The molecule has 0 N–H and O–H groups in total. The SMILES string of the molecule is Fc1cccc2c1CCN(CCCn1ccnc1)C2. The van der Waals surface area contributed by atoms with E-state index in [1.165, 1.54) is 0 Å². The molecule has 0 spiro atoms. The number of rotatable bonds is 4. The van der Waals surface area contributed by atoms with Crippen LogP contribution in [0.4, 0.5) is 4.39 Å². The van der Waals surface area contributed by atoms with Crippen molar-refractivity contribution in [2.45, 2.75) is 25.9 Å². The molecule has 19 heavy (non-hydrogen) atoms. The first-order chi connectivity index (χ1) is 9.33. The fourth-order valence-corrected chi connectivity index (χ4v) is 2.71. The fourth-order valence-electron chi connectivity index (χ4n) is 2.71. The van der Waals surface area contributed by atoms with Crippen LogP contribution in [0.5, 0.6) is 0 Å². The Kier molecular flexibility index (Phi) is 3.60. The Bertz CT molecular complexity index is 536. The van der Waals surface area contributed by atoms with Gasteiger partial charge in [-0.25, -0.2) is 9.37 Å². The van der Waals surface area contributed by atoms with Gasteiger partial charge in [0.05, 0.1) is 6.33 Å². The van der Waals surface area contributed by atoms with Gasteiger partial charge in [-0.1, -0.05) is 12.1 Å². The van der Waals surface area contributed by atoms with E-state index in [0.29, 0.717) is 0 Å².